The third-order valence-electron chi connectivity index (χ3n) is 1.13. The summed E-state index contributed by atoms with van der Waals surface area (Å²) in [7, 11) is 0. The Balaban J connectivity index is 2.57. The minimum absolute atomic E-state index is 1.25. The number of hydrogen-bond acceptors (Lipinski definition) is 1. The molecule has 1 radical (unpaired) electrons. The Morgan fingerprint density at radius 1 is 1.40 bits per heavy atom. The molecule has 5 heavy (non-hydrogen) atoms. The molecule has 0 N–H and O–H groups in total. The van der Waals surface area contributed by atoms with E-state index in [9.17, 15) is 0 Å². The molecule has 2 bridgehead atoms. The maximum absolute atomic E-state index is 4.00. The van der Waals surface area contributed by atoms with E-state index in [1.807, 2.05) is 0 Å². The molecule has 0 aromatic heterocycles. The summed E-state index contributed by atoms with van der Waals surface area (Å²) < 4.78 is 0. The van der Waals surface area contributed by atoms with E-state index in [1.165, 1.54) is 24.6 Å². The highest BCUT2D eigenvalue weighted by Gasteiger charge is 2.34. The fourth-order valence-electron chi connectivity index (χ4n) is 0.619. The number of hydrogen-bond donors (Lipinski definition) is 0. The van der Waals surface area contributed by atoms with Crippen molar-refractivity contribution < 1.29 is 0 Å². The van der Waals surface area contributed by atoms with E-state index in [0.29, 0.717) is 0 Å². The summed E-state index contributed by atoms with van der Waals surface area (Å²) in [6, 6.07) is 1.42. The topological polar surface area (TPSA) is 12.4 Å². The lowest BCUT2D eigenvalue weighted by molar-refractivity contribution is 0.720. The molecule has 1 nitrogen and oxygen atoms in total. The molecule has 0 saturated heterocycles. The van der Waals surface area contributed by atoms with E-state index in [4.69, 9.17) is 0 Å². The number of aliphatic imine (C=N–C) groups is 1. The van der Waals surface area contributed by atoms with Crippen LogP contribution in [0.5, 0.6) is 0 Å². The summed E-state index contributed by atoms with van der Waals surface area (Å²) in [5, 5.41) is 0. The SMILES string of the molecule is C1[C]2CC1=N2. The number of nitrogens with zero attached hydrogens (tertiary/aromatic N) is 1. The van der Waals surface area contributed by atoms with Gasteiger partial charge in [0, 0.05) is 18.6 Å². The van der Waals surface area contributed by atoms with Gasteiger partial charge in [-0.05, 0) is 0 Å². The first-order valence-electron chi connectivity index (χ1n) is 1.86. The Morgan fingerprint density at radius 3 is 1.60 bits per heavy atom. The molecule has 1 saturated carbocycles. The van der Waals surface area contributed by atoms with E-state index in [2.05, 4.69) is 4.99 Å². The van der Waals surface area contributed by atoms with Crippen molar-refractivity contribution in [3.63, 3.8) is 0 Å². The lowest BCUT2D eigenvalue weighted by Crippen LogP contribution is -2.31. The fraction of sp³-hybridized carbons (Fsp3) is 0.500. The molecule has 2 aliphatic heterocycles. The smallest absolute Gasteiger partial charge is 0.0968 e. The molecule has 1 fully saturated rings. The zero-order chi connectivity index (χ0) is 3.28. The highest BCUT2D eigenvalue weighted by molar-refractivity contribution is 6.02. The minimum atomic E-state index is 1.25. The van der Waals surface area contributed by atoms with Gasteiger partial charge in [-0.2, -0.15) is 0 Å². The van der Waals surface area contributed by atoms with Crippen LogP contribution in [0.3, 0.4) is 0 Å². The first-order chi connectivity index (χ1) is 2.45. The van der Waals surface area contributed by atoms with E-state index >= 15 is 0 Å². The van der Waals surface area contributed by atoms with Crippen LogP contribution in [-0.4, -0.2) is 5.71 Å². The molecule has 2 heterocycles. The summed E-state index contributed by atoms with van der Waals surface area (Å²) in [6.45, 7) is 0. The highest BCUT2D eigenvalue weighted by Crippen LogP contribution is 2.39. The summed E-state index contributed by atoms with van der Waals surface area (Å²) in [4.78, 5) is 4.00. The molecule has 0 aromatic carbocycles. The van der Waals surface area contributed by atoms with Gasteiger partial charge in [0.25, 0.3) is 0 Å². The van der Waals surface area contributed by atoms with Crippen LogP contribution in [0.4, 0.5) is 0 Å². The third kappa shape index (κ3) is 0.0752. The van der Waals surface area contributed by atoms with Crippen LogP contribution >= 0.6 is 0 Å². The van der Waals surface area contributed by atoms with E-state index < -0.39 is 0 Å². The maximum atomic E-state index is 4.00. The fourth-order valence-corrected chi connectivity index (χ4v) is 0.619. The van der Waals surface area contributed by atoms with Crippen molar-refractivity contribution >= 4 is 5.71 Å². The zero-order valence-electron chi connectivity index (χ0n) is 2.86. The molecule has 0 aromatic rings. The second kappa shape index (κ2) is 0.348. The van der Waals surface area contributed by atoms with Crippen LogP contribution in [-0.2, 0) is 0 Å². The van der Waals surface area contributed by atoms with E-state index in [0.717, 1.165) is 0 Å². The van der Waals surface area contributed by atoms with Gasteiger partial charge in [0.2, 0.25) is 0 Å². The molecule has 0 atom stereocenters. The lowest BCUT2D eigenvalue weighted by Gasteiger charge is -2.35. The average Bonchev–Trinajstić information content (AvgIpc) is 0.592. The van der Waals surface area contributed by atoms with Crippen molar-refractivity contribution in [2.24, 2.45) is 4.99 Å². The Kier molecular flexibility index (Phi) is 0.136. The first kappa shape index (κ1) is 1.96. The first-order valence-corrected chi connectivity index (χ1v) is 1.86. The Hall–Kier alpha value is -0.330. The van der Waals surface area contributed by atoms with Crippen LogP contribution in [0.2, 0.25) is 0 Å². The van der Waals surface area contributed by atoms with Gasteiger partial charge in [-0.15, -0.1) is 0 Å². The molecule has 3 rings (SSSR count). The van der Waals surface area contributed by atoms with Gasteiger partial charge in [0.05, 0.1) is 6.04 Å². The van der Waals surface area contributed by atoms with Crippen LogP contribution in [0, 0.1) is 6.04 Å². The Morgan fingerprint density at radius 2 is 1.60 bits per heavy atom. The molecule has 1 heteroatoms. The molecule has 0 amide bonds. The van der Waals surface area contributed by atoms with Crippen molar-refractivity contribution in [3.05, 3.63) is 6.04 Å². The van der Waals surface area contributed by atoms with E-state index in [1.54, 1.807) is 0 Å². The second-order valence-corrected chi connectivity index (χ2v) is 1.60. The summed E-state index contributed by atoms with van der Waals surface area (Å²) >= 11 is 0. The van der Waals surface area contributed by atoms with Gasteiger partial charge < -0.3 is 0 Å². The van der Waals surface area contributed by atoms with E-state index in [-0.39, 0.29) is 0 Å². The monoisotopic (exact) mass is 66.0 g/mol. The Labute approximate surface area is 30.7 Å². The molecule has 25 valence electrons. The number of rotatable bonds is 0. The van der Waals surface area contributed by atoms with Crippen molar-refractivity contribution in [2.45, 2.75) is 12.8 Å². The summed E-state index contributed by atoms with van der Waals surface area (Å²) in [6.07, 6.45) is 2.50. The molecule has 0 spiro atoms. The van der Waals surface area contributed by atoms with Gasteiger partial charge in [-0.1, -0.05) is 0 Å². The lowest BCUT2D eigenvalue weighted by atomic mass is 9.83. The van der Waals surface area contributed by atoms with Gasteiger partial charge >= 0.3 is 0 Å². The standard InChI is InChI=1S/C4H4N/c1-3-2-4(1)5-3/h1-2H2. The molecule has 0 unspecified atom stereocenters. The van der Waals surface area contributed by atoms with Crippen LogP contribution in [0.1, 0.15) is 12.8 Å². The highest BCUT2D eigenvalue weighted by atomic mass is 14.9. The quantitative estimate of drug-likeness (QED) is 0.396. The summed E-state index contributed by atoms with van der Waals surface area (Å²) in [5.41, 5.74) is 1.42. The van der Waals surface area contributed by atoms with Crippen molar-refractivity contribution in [3.8, 4) is 0 Å². The van der Waals surface area contributed by atoms with Crippen LogP contribution < -0.4 is 0 Å². The van der Waals surface area contributed by atoms with Gasteiger partial charge in [-0.3, -0.25) is 4.99 Å². The molecule has 1 aliphatic carbocycles. The predicted octanol–water partition coefficient (Wildman–Crippen LogP) is 0.767. The second-order valence-electron chi connectivity index (χ2n) is 1.60. The minimum Gasteiger partial charge on any atom is -0.284 e. The maximum Gasteiger partial charge on any atom is 0.0968 e. The van der Waals surface area contributed by atoms with Crippen molar-refractivity contribution in [1.82, 2.24) is 0 Å². The summed E-state index contributed by atoms with van der Waals surface area (Å²) in [5.74, 6) is 0. The predicted molar refractivity (Wildman–Crippen MR) is 19.9 cm³/mol. The van der Waals surface area contributed by atoms with Gasteiger partial charge in [-0.25, -0.2) is 0 Å². The van der Waals surface area contributed by atoms with Crippen LogP contribution in [0.15, 0.2) is 4.99 Å². The van der Waals surface area contributed by atoms with Crippen LogP contribution in [0.25, 0.3) is 0 Å². The average molecular weight is 66.1 g/mol. The third-order valence-corrected chi connectivity index (χ3v) is 1.13. The molecular formula is C4H4N. The van der Waals surface area contributed by atoms with Crippen molar-refractivity contribution in [2.75, 3.05) is 0 Å². The largest absolute Gasteiger partial charge is 0.284 e. The normalized spacial score (nSPS) is 30.8. The molecule has 3 aliphatic rings. The van der Waals surface area contributed by atoms with Crippen molar-refractivity contribution in [1.29, 1.82) is 0 Å². The molecular weight excluding hydrogens is 62.1 g/mol. The Bertz CT molecular complexity index is 85.8. The van der Waals surface area contributed by atoms with Gasteiger partial charge in [0.15, 0.2) is 0 Å². The zero-order valence-corrected chi connectivity index (χ0v) is 2.86. The van der Waals surface area contributed by atoms with Gasteiger partial charge in [0.1, 0.15) is 0 Å².